The fourth-order valence-electron chi connectivity index (χ4n) is 1.36. The number of aryl methyl sites for hydroxylation is 1. The van der Waals surface area contributed by atoms with E-state index in [0.29, 0.717) is 0 Å². The van der Waals surface area contributed by atoms with Crippen molar-refractivity contribution in [1.29, 1.82) is 0 Å². The third kappa shape index (κ3) is 2.72. The van der Waals surface area contributed by atoms with E-state index in [1.54, 1.807) is 0 Å². The third-order valence-electron chi connectivity index (χ3n) is 2.36. The van der Waals surface area contributed by atoms with Gasteiger partial charge in [0, 0.05) is 41.6 Å². The van der Waals surface area contributed by atoms with Crippen LogP contribution in [-0.2, 0) is 12.8 Å². The topological polar surface area (TPSA) is 24.9 Å². The Morgan fingerprint density at radius 3 is 3.00 bits per heavy atom. The second-order valence-electron chi connectivity index (χ2n) is 3.51. The van der Waals surface area contributed by atoms with Gasteiger partial charge in [-0.25, -0.2) is 4.98 Å². The minimum atomic E-state index is 0.769. The fourth-order valence-corrected chi connectivity index (χ4v) is 2.93. The van der Waals surface area contributed by atoms with Crippen molar-refractivity contribution in [2.24, 2.45) is 0 Å². The van der Waals surface area contributed by atoms with Crippen LogP contribution in [0.3, 0.4) is 0 Å². The summed E-state index contributed by atoms with van der Waals surface area (Å²) in [5.41, 5.74) is 0. The van der Waals surface area contributed by atoms with Crippen molar-refractivity contribution < 1.29 is 0 Å². The molecule has 0 saturated carbocycles. The quantitative estimate of drug-likeness (QED) is 0.834. The monoisotopic (exact) mass is 228 g/mol. The molecule has 0 spiro atoms. The summed E-state index contributed by atoms with van der Waals surface area (Å²) in [6.45, 7) is 3.27. The maximum atomic E-state index is 4.40. The molecule has 0 unspecified atom stereocenters. The van der Waals surface area contributed by atoms with Gasteiger partial charge in [-0.1, -0.05) is 6.92 Å². The van der Waals surface area contributed by atoms with Crippen LogP contribution in [0.2, 0.25) is 0 Å². The normalized spacial score (nSPS) is 16.9. The number of thioether (sulfide) groups is 1. The zero-order chi connectivity index (χ0) is 9.80. The van der Waals surface area contributed by atoms with E-state index in [2.05, 4.69) is 17.2 Å². The molecule has 14 heavy (non-hydrogen) atoms. The summed E-state index contributed by atoms with van der Waals surface area (Å²) in [7, 11) is 0. The molecule has 0 aliphatic carbocycles. The van der Waals surface area contributed by atoms with Crippen molar-refractivity contribution in [1.82, 2.24) is 10.3 Å². The molecule has 78 valence electrons. The van der Waals surface area contributed by atoms with E-state index in [-0.39, 0.29) is 0 Å². The molecule has 1 aliphatic heterocycles. The van der Waals surface area contributed by atoms with Gasteiger partial charge in [-0.15, -0.1) is 11.3 Å². The first-order chi connectivity index (χ1) is 6.88. The molecule has 1 fully saturated rings. The van der Waals surface area contributed by atoms with Gasteiger partial charge in [-0.05, 0) is 6.42 Å². The molecule has 4 heteroatoms. The van der Waals surface area contributed by atoms with Crippen LogP contribution in [0.25, 0.3) is 0 Å². The predicted molar refractivity (Wildman–Crippen MR) is 64.3 cm³/mol. The van der Waals surface area contributed by atoms with Gasteiger partial charge in [0.15, 0.2) is 0 Å². The molecule has 1 aromatic heterocycles. The molecule has 0 bridgehead atoms. The standard InChI is InChI=1S/C10H16N2S2/c1-2-9-5-12-10(14-9)3-4-11-8-6-13-7-8/h5,8,11H,2-4,6-7H2,1H3. The average Bonchev–Trinajstić information content (AvgIpc) is 2.57. The Labute approximate surface area is 93.5 Å². The van der Waals surface area contributed by atoms with Crippen LogP contribution in [-0.4, -0.2) is 29.1 Å². The van der Waals surface area contributed by atoms with Gasteiger partial charge in [-0.2, -0.15) is 11.8 Å². The van der Waals surface area contributed by atoms with Crippen LogP contribution < -0.4 is 5.32 Å². The van der Waals surface area contributed by atoms with Crippen molar-refractivity contribution in [3.63, 3.8) is 0 Å². The number of nitrogens with one attached hydrogen (secondary N) is 1. The molecule has 0 radical (unpaired) electrons. The van der Waals surface area contributed by atoms with Gasteiger partial charge in [0.25, 0.3) is 0 Å². The van der Waals surface area contributed by atoms with Gasteiger partial charge in [0.2, 0.25) is 0 Å². The highest BCUT2D eigenvalue weighted by molar-refractivity contribution is 8.00. The molecular formula is C10H16N2S2. The molecule has 1 saturated heterocycles. The summed E-state index contributed by atoms with van der Waals surface area (Å²) in [4.78, 5) is 5.80. The van der Waals surface area contributed by atoms with Gasteiger partial charge in [-0.3, -0.25) is 0 Å². The van der Waals surface area contributed by atoms with Gasteiger partial charge in [0.05, 0.1) is 5.01 Å². The molecule has 1 aliphatic rings. The molecule has 0 atom stereocenters. The lowest BCUT2D eigenvalue weighted by atomic mass is 10.3. The van der Waals surface area contributed by atoms with Crippen LogP contribution in [0.5, 0.6) is 0 Å². The molecule has 2 rings (SSSR count). The molecule has 1 N–H and O–H groups in total. The molecule has 0 amide bonds. The van der Waals surface area contributed by atoms with Gasteiger partial charge in [0.1, 0.15) is 0 Å². The van der Waals surface area contributed by atoms with Crippen molar-refractivity contribution in [3.8, 4) is 0 Å². The van der Waals surface area contributed by atoms with Crippen molar-refractivity contribution >= 4 is 23.1 Å². The fraction of sp³-hybridized carbons (Fsp3) is 0.700. The number of hydrogen-bond donors (Lipinski definition) is 1. The van der Waals surface area contributed by atoms with Gasteiger partial charge >= 0.3 is 0 Å². The Kier molecular flexibility index (Phi) is 3.84. The van der Waals surface area contributed by atoms with E-state index < -0.39 is 0 Å². The molecule has 2 nitrogen and oxygen atoms in total. The minimum Gasteiger partial charge on any atom is -0.312 e. The van der Waals surface area contributed by atoms with Crippen LogP contribution in [0, 0.1) is 0 Å². The van der Waals surface area contributed by atoms with Gasteiger partial charge < -0.3 is 5.32 Å². The van der Waals surface area contributed by atoms with Crippen LogP contribution in [0.4, 0.5) is 0 Å². The number of thiazole rings is 1. The second-order valence-corrected chi connectivity index (χ2v) is 5.79. The highest BCUT2D eigenvalue weighted by Gasteiger charge is 2.16. The zero-order valence-electron chi connectivity index (χ0n) is 8.45. The summed E-state index contributed by atoms with van der Waals surface area (Å²) in [5.74, 6) is 2.58. The van der Waals surface area contributed by atoms with E-state index >= 15 is 0 Å². The van der Waals surface area contributed by atoms with E-state index in [9.17, 15) is 0 Å². The Balaban J connectivity index is 1.68. The maximum absolute atomic E-state index is 4.40. The lowest BCUT2D eigenvalue weighted by Crippen LogP contribution is -2.41. The van der Waals surface area contributed by atoms with E-state index in [0.717, 1.165) is 25.4 Å². The maximum Gasteiger partial charge on any atom is 0.0940 e. The van der Waals surface area contributed by atoms with E-state index in [1.165, 1.54) is 21.4 Å². The first-order valence-electron chi connectivity index (χ1n) is 5.13. The Hall–Kier alpha value is -0.0600. The minimum absolute atomic E-state index is 0.769. The molecule has 1 aromatic rings. The Morgan fingerprint density at radius 2 is 2.43 bits per heavy atom. The summed E-state index contributed by atoms with van der Waals surface area (Å²) in [6.07, 6.45) is 4.22. The molecule has 2 heterocycles. The van der Waals surface area contributed by atoms with Crippen LogP contribution in [0.15, 0.2) is 6.20 Å². The Morgan fingerprint density at radius 1 is 1.57 bits per heavy atom. The first-order valence-corrected chi connectivity index (χ1v) is 7.10. The summed E-state index contributed by atoms with van der Waals surface area (Å²) < 4.78 is 0. The second kappa shape index (κ2) is 5.14. The average molecular weight is 228 g/mol. The van der Waals surface area contributed by atoms with E-state index in [1.807, 2.05) is 29.3 Å². The molecule has 0 aromatic carbocycles. The third-order valence-corrected chi connectivity index (χ3v) is 4.84. The van der Waals surface area contributed by atoms with Crippen LogP contribution in [0.1, 0.15) is 16.8 Å². The lowest BCUT2D eigenvalue weighted by Gasteiger charge is -2.25. The summed E-state index contributed by atoms with van der Waals surface area (Å²) in [5, 5.41) is 4.82. The summed E-state index contributed by atoms with van der Waals surface area (Å²) in [6, 6.07) is 0.769. The number of aromatic nitrogens is 1. The summed E-state index contributed by atoms with van der Waals surface area (Å²) >= 11 is 3.88. The van der Waals surface area contributed by atoms with Crippen LogP contribution >= 0.6 is 23.1 Å². The zero-order valence-corrected chi connectivity index (χ0v) is 10.1. The number of hydrogen-bond acceptors (Lipinski definition) is 4. The van der Waals surface area contributed by atoms with E-state index in [4.69, 9.17) is 0 Å². The van der Waals surface area contributed by atoms with Crippen molar-refractivity contribution in [2.75, 3.05) is 18.1 Å². The Bertz CT molecular complexity index is 281. The number of rotatable bonds is 5. The predicted octanol–water partition coefficient (Wildman–Crippen LogP) is 1.95. The lowest BCUT2D eigenvalue weighted by molar-refractivity contribution is 0.584. The first kappa shape index (κ1) is 10.5. The highest BCUT2D eigenvalue weighted by Crippen LogP contribution is 2.17. The smallest absolute Gasteiger partial charge is 0.0940 e. The SMILES string of the molecule is CCc1cnc(CCNC2CSC2)s1. The van der Waals surface area contributed by atoms with Crippen molar-refractivity contribution in [3.05, 3.63) is 16.1 Å². The highest BCUT2D eigenvalue weighted by atomic mass is 32.2. The molecular weight excluding hydrogens is 212 g/mol. The van der Waals surface area contributed by atoms with Crippen molar-refractivity contribution in [2.45, 2.75) is 25.8 Å². The number of nitrogens with zero attached hydrogens (tertiary/aromatic N) is 1. The largest absolute Gasteiger partial charge is 0.312 e.